The quantitative estimate of drug-likeness (QED) is 0.780. The van der Waals surface area contributed by atoms with Gasteiger partial charge >= 0.3 is 0 Å². The smallest absolute Gasteiger partial charge is 0.253 e. The summed E-state index contributed by atoms with van der Waals surface area (Å²) in [6.45, 7) is 4.12. The fourth-order valence-electron chi connectivity index (χ4n) is 2.61. The molecule has 6 nitrogen and oxygen atoms in total. The van der Waals surface area contributed by atoms with Gasteiger partial charge in [0.2, 0.25) is 5.91 Å². The van der Waals surface area contributed by atoms with E-state index in [0.29, 0.717) is 51.4 Å². The molecule has 0 saturated carbocycles. The number of carbonyl (C=O) groups excluding carboxylic acids is 2. The molecule has 0 radical (unpaired) electrons. The van der Waals surface area contributed by atoms with E-state index < -0.39 is 0 Å². The predicted octanol–water partition coefficient (Wildman–Crippen LogP) is 0.597. The standard InChI is InChI=1S/C17H25N3O3/c1-23-13-8-18-14-16(21)19-9-5-10-20(12-11-19)17(22)15-6-3-2-4-7-15/h2-4,6-7,18H,5,8-14H2,1H3. The molecule has 126 valence electrons. The van der Waals surface area contributed by atoms with Crippen LogP contribution in [0.25, 0.3) is 0 Å². The van der Waals surface area contributed by atoms with E-state index in [4.69, 9.17) is 4.74 Å². The van der Waals surface area contributed by atoms with Gasteiger partial charge in [0.25, 0.3) is 5.91 Å². The lowest BCUT2D eigenvalue weighted by Gasteiger charge is -2.22. The third-order valence-electron chi connectivity index (χ3n) is 3.92. The zero-order chi connectivity index (χ0) is 16.5. The van der Waals surface area contributed by atoms with Crippen molar-refractivity contribution in [1.29, 1.82) is 0 Å². The number of amides is 2. The van der Waals surface area contributed by atoms with E-state index >= 15 is 0 Å². The Morgan fingerprint density at radius 3 is 2.52 bits per heavy atom. The van der Waals surface area contributed by atoms with Gasteiger partial charge in [-0.2, -0.15) is 0 Å². The van der Waals surface area contributed by atoms with E-state index in [-0.39, 0.29) is 11.8 Å². The second-order valence-corrected chi connectivity index (χ2v) is 5.56. The van der Waals surface area contributed by atoms with Crippen molar-refractivity contribution in [3.05, 3.63) is 35.9 Å². The molecule has 6 heteroatoms. The average molecular weight is 319 g/mol. The molecule has 0 atom stereocenters. The van der Waals surface area contributed by atoms with E-state index in [2.05, 4.69) is 5.32 Å². The first kappa shape index (κ1) is 17.4. The Morgan fingerprint density at radius 1 is 1.09 bits per heavy atom. The van der Waals surface area contributed by atoms with Crippen molar-refractivity contribution < 1.29 is 14.3 Å². The fourth-order valence-corrected chi connectivity index (χ4v) is 2.61. The number of methoxy groups -OCH3 is 1. The zero-order valence-electron chi connectivity index (χ0n) is 13.7. The highest BCUT2D eigenvalue weighted by molar-refractivity contribution is 5.94. The van der Waals surface area contributed by atoms with Crippen LogP contribution in [0.3, 0.4) is 0 Å². The van der Waals surface area contributed by atoms with Crippen molar-refractivity contribution in [2.75, 3.05) is 53.0 Å². The van der Waals surface area contributed by atoms with Gasteiger partial charge in [0.05, 0.1) is 13.2 Å². The number of benzene rings is 1. The predicted molar refractivity (Wildman–Crippen MR) is 88.3 cm³/mol. The lowest BCUT2D eigenvalue weighted by molar-refractivity contribution is -0.130. The normalized spacial score (nSPS) is 15.3. The lowest BCUT2D eigenvalue weighted by Crippen LogP contribution is -2.41. The second kappa shape index (κ2) is 9.27. The summed E-state index contributed by atoms with van der Waals surface area (Å²) in [5.74, 6) is 0.119. The third-order valence-corrected chi connectivity index (χ3v) is 3.92. The van der Waals surface area contributed by atoms with E-state index in [1.54, 1.807) is 7.11 Å². The zero-order valence-corrected chi connectivity index (χ0v) is 13.7. The summed E-state index contributed by atoms with van der Waals surface area (Å²) >= 11 is 0. The molecule has 0 unspecified atom stereocenters. The van der Waals surface area contributed by atoms with E-state index in [1.165, 1.54) is 0 Å². The molecule has 2 rings (SSSR count). The number of nitrogens with zero attached hydrogens (tertiary/aromatic N) is 2. The van der Waals surface area contributed by atoms with Crippen LogP contribution in [0.15, 0.2) is 30.3 Å². The highest BCUT2D eigenvalue weighted by Crippen LogP contribution is 2.09. The van der Waals surface area contributed by atoms with Gasteiger partial charge in [0.15, 0.2) is 0 Å². The molecule has 0 aliphatic carbocycles. The average Bonchev–Trinajstić information content (AvgIpc) is 2.85. The third kappa shape index (κ3) is 5.33. The fraction of sp³-hybridized carbons (Fsp3) is 0.529. The summed E-state index contributed by atoms with van der Waals surface area (Å²) in [6, 6.07) is 9.29. The molecule has 1 N–H and O–H groups in total. The molecule has 0 bridgehead atoms. The van der Waals surface area contributed by atoms with Gasteiger partial charge in [-0.1, -0.05) is 18.2 Å². The molecule has 2 amide bonds. The van der Waals surface area contributed by atoms with Crippen molar-refractivity contribution >= 4 is 11.8 Å². The molecule has 1 aromatic carbocycles. The Bertz CT molecular complexity index is 507. The van der Waals surface area contributed by atoms with Gasteiger partial charge in [-0.05, 0) is 18.6 Å². The number of carbonyl (C=O) groups is 2. The highest BCUT2D eigenvalue weighted by Gasteiger charge is 2.22. The summed E-state index contributed by atoms with van der Waals surface area (Å²) in [5.41, 5.74) is 0.702. The van der Waals surface area contributed by atoms with Crippen molar-refractivity contribution in [1.82, 2.24) is 15.1 Å². The number of nitrogens with one attached hydrogen (secondary N) is 1. The van der Waals surface area contributed by atoms with Gasteiger partial charge in [-0.15, -0.1) is 0 Å². The maximum Gasteiger partial charge on any atom is 0.253 e. The van der Waals surface area contributed by atoms with Crippen LogP contribution in [-0.4, -0.2) is 74.6 Å². The molecular weight excluding hydrogens is 294 g/mol. The van der Waals surface area contributed by atoms with Gasteiger partial charge in [0.1, 0.15) is 0 Å². The first-order valence-corrected chi connectivity index (χ1v) is 8.04. The van der Waals surface area contributed by atoms with Crippen molar-refractivity contribution in [3.8, 4) is 0 Å². The Hall–Kier alpha value is -1.92. The Balaban J connectivity index is 1.82. The van der Waals surface area contributed by atoms with Crippen molar-refractivity contribution in [2.24, 2.45) is 0 Å². The molecule has 1 aliphatic rings. The van der Waals surface area contributed by atoms with Gasteiger partial charge in [0, 0.05) is 45.4 Å². The number of ether oxygens (including phenoxy) is 1. The van der Waals surface area contributed by atoms with E-state index in [1.807, 2.05) is 40.1 Å². The molecule has 0 aromatic heterocycles. The van der Waals surface area contributed by atoms with Crippen LogP contribution in [0.2, 0.25) is 0 Å². The van der Waals surface area contributed by atoms with Gasteiger partial charge in [-0.3, -0.25) is 9.59 Å². The van der Waals surface area contributed by atoms with Crippen LogP contribution in [0.4, 0.5) is 0 Å². The maximum absolute atomic E-state index is 12.5. The summed E-state index contributed by atoms with van der Waals surface area (Å²) in [5, 5.41) is 3.07. The molecule has 23 heavy (non-hydrogen) atoms. The summed E-state index contributed by atoms with van der Waals surface area (Å²) in [7, 11) is 1.64. The largest absolute Gasteiger partial charge is 0.383 e. The van der Waals surface area contributed by atoms with Crippen LogP contribution in [0.1, 0.15) is 16.8 Å². The molecule has 1 saturated heterocycles. The summed E-state index contributed by atoms with van der Waals surface area (Å²) in [6.07, 6.45) is 0.808. The summed E-state index contributed by atoms with van der Waals surface area (Å²) < 4.78 is 4.94. The van der Waals surface area contributed by atoms with Crippen molar-refractivity contribution in [3.63, 3.8) is 0 Å². The molecule has 1 heterocycles. The second-order valence-electron chi connectivity index (χ2n) is 5.56. The topological polar surface area (TPSA) is 61.9 Å². The SMILES string of the molecule is COCCNCC(=O)N1CCCN(C(=O)c2ccccc2)CC1. The Kier molecular flexibility index (Phi) is 7.03. The number of hydrogen-bond donors (Lipinski definition) is 1. The van der Waals surface area contributed by atoms with Crippen LogP contribution in [0, 0.1) is 0 Å². The minimum Gasteiger partial charge on any atom is -0.383 e. The maximum atomic E-state index is 12.5. The van der Waals surface area contributed by atoms with Crippen LogP contribution in [-0.2, 0) is 9.53 Å². The minimum atomic E-state index is 0.0399. The van der Waals surface area contributed by atoms with Gasteiger partial charge in [-0.25, -0.2) is 0 Å². The van der Waals surface area contributed by atoms with E-state index in [9.17, 15) is 9.59 Å². The Morgan fingerprint density at radius 2 is 1.78 bits per heavy atom. The van der Waals surface area contributed by atoms with Gasteiger partial charge < -0.3 is 19.9 Å². The summed E-state index contributed by atoms with van der Waals surface area (Å²) in [4.78, 5) is 28.3. The van der Waals surface area contributed by atoms with E-state index in [0.717, 1.165) is 6.42 Å². The number of rotatable bonds is 6. The van der Waals surface area contributed by atoms with Crippen LogP contribution in [0.5, 0.6) is 0 Å². The Labute approximate surface area is 137 Å². The number of hydrogen-bond acceptors (Lipinski definition) is 4. The van der Waals surface area contributed by atoms with Crippen molar-refractivity contribution in [2.45, 2.75) is 6.42 Å². The van der Waals surface area contributed by atoms with Crippen LogP contribution >= 0.6 is 0 Å². The lowest BCUT2D eigenvalue weighted by atomic mass is 10.2. The highest BCUT2D eigenvalue weighted by atomic mass is 16.5. The minimum absolute atomic E-state index is 0.0399. The van der Waals surface area contributed by atoms with Crippen LogP contribution < -0.4 is 5.32 Å². The monoisotopic (exact) mass is 319 g/mol. The molecule has 1 aliphatic heterocycles. The first-order valence-electron chi connectivity index (χ1n) is 8.04. The molecular formula is C17H25N3O3. The molecule has 0 spiro atoms. The molecule has 1 aromatic rings. The molecule has 1 fully saturated rings. The first-order chi connectivity index (χ1) is 11.2.